The molecule has 274 valence electrons. The van der Waals surface area contributed by atoms with E-state index in [2.05, 4.69) is 189 Å². The Labute approximate surface area is 334 Å². The molecule has 57 heavy (non-hydrogen) atoms. The molecule has 1 unspecified atom stereocenters. The lowest BCUT2D eigenvalue weighted by atomic mass is 9.78. The van der Waals surface area contributed by atoms with Crippen molar-refractivity contribution in [3.8, 4) is 22.3 Å². The summed E-state index contributed by atoms with van der Waals surface area (Å²) in [6.07, 6.45) is 21.4. The highest BCUT2D eigenvalue weighted by Gasteiger charge is 2.37. The van der Waals surface area contributed by atoms with Crippen LogP contribution in [0, 0.1) is 5.92 Å². The Morgan fingerprint density at radius 1 is 0.596 bits per heavy atom. The minimum Gasteiger partial charge on any atom is -0.456 e. The summed E-state index contributed by atoms with van der Waals surface area (Å²) in [5.41, 5.74) is 20.0. The fourth-order valence-corrected chi connectivity index (χ4v) is 9.69. The van der Waals surface area contributed by atoms with Crippen molar-refractivity contribution in [2.75, 3.05) is 4.90 Å². The largest absolute Gasteiger partial charge is 0.456 e. The number of allylic oxidation sites excluding steroid dienone is 12. The van der Waals surface area contributed by atoms with Gasteiger partial charge in [0.15, 0.2) is 0 Å². The average molecular weight is 734 g/mol. The van der Waals surface area contributed by atoms with Crippen LogP contribution in [0.1, 0.15) is 49.8 Å². The van der Waals surface area contributed by atoms with Crippen molar-refractivity contribution in [1.29, 1.82) is 0 Å². The first kappa shape index (κ1) is 33.7. The van der Waals surface area contributed by atoms with Crippen LogP contribution in [0.2, 0.25) is 0 Å². The molecular formula is C55H43NO. The van der Waals surface area contributed by atoms with Crippen molar-refractivity contribution in [2.24, 2.45) is 5.92 Å². The van der Waals surface area contributed by atoms with E-state index in [9.17, 15) is 0 Å². The molecule has 1 heterocycles. The SMILES string of the molecule is CC1(C)C2=C(C=CCC2)c2ccc(-c3ccc(N(c4ccc(-c5cccc(C6=CC=C7C=CC=CC7C6)c5)cc4)c4ccc5oc6ccccc6c5c4)cc3)cc21. The number of hydrogen-bond acceptors (Lipinski definition) is 2. The van der Waals surface area contributed by atoms with Crippen molar-refractivity contribution in [2.45, 2.75) is 38.5 Å². The summed E-state index contributed by atoms with van der Waals surface area (Å²) in [6, 6.07) is 49.1. The summed E-state index contributed by atoms with van der Waals surface area (Å²) in [5, 5.41) is 2.24. The van der Waals surface area contributed by atoms with E-state index in [4.69, 9.17) is 4.42 Å². The predicted octanol–water partition coefficient (Wildman–Crippen LogP) is 15.2. The molecule has 0 spiro atoms. The number of fused-ring (bicyclic) bond motifs is 6. The van der Waals surface area contributed by atoms with Crippen LogP contribution < -0.4 is 4.90 Å². The molecule has 2 heteroatoms. The quantitative estimate of drug-likeness (QED) is 0.169. The highest BCUT2D eigenvalue weighted by atomic mass is 16.3. The molecule has 0 saturated carbocycles. The molecule has 7 aromatic rings. The van der Waals surface area contributed by atoms with Crippen molar-refractivity contribution in [3.05, 3.63) is 210 Å². The van der Waals surface area contributed by atoms with E-state index in [-0.39, 0.29) is 5.41 Å². The highest BCUT2D eigenvalue weighted by Crippen LogP contribution is 2.51. The summed E-state index contributed by atoms with van der Waals surface area (Å²) in [5.74, 6) is 0.456. The molecule has 4 aliphatic carbocycles. The van der Waals surface area contributed by atoms with Crippen LogP contribution in [0.5, 0.6) is 0 Å². The minimum absolute atomic E-state index is 0.0461. The molecule has 0 bridgehead atoms. The summed E-state index contributed by atoms with van der Waals surface area (Å²) in [6.45, 7) is 4.79. The van der Waals surface area contributed by atoms with E-state index < -0.39 is 0 Å². The second-order valence-corrected chi connectivity index (χ2v) is 16.4. The Kier molecular flexibility index (Phi) is 7.83. The number of hydrogen-bond donors (Lipinski definition) is 0. The molecule has 0 radical (unpaired) electrons. The van der Waals surface area contributed by atoms with Gasteiger partial charge in [0.05, 0.1) is 0 Å². The van der Waals surface area contributed by atoms with Crippen LogP contribution in [0.25, 0.3) is 55.3 Å². The van der Waals surface area contributed by atoms with Crippen LogP contribution >= 0.6 is 0 Å². The molecule has 11 rings (SSSR count). The molecule has 1 aromatic heterocycles. The van der Waals surface area contributed by atoms with Crippen molar-refractivity contribution in [3.63, 3.8) is 0 Å². The Balaban J connectivity index is 0.952. The molecular weight excluding hydrogens is 691 g/mol. The highest BCUT2D eigenvalue weighted by molar-refractivity contribution is 6.06. The van der Waals surface area contributed by atoms with E-state index >= 15 is 0 Å². The van der Waals surface area contributed by atoms with Crippen molar-refractivity contribution < 1.29 is 4.42 Å². The van der Waals surface area contributed by atoms with Gasteiger partial charge in [-0.15, -0.1) is 0 Å². The molecule has 0 aliphatic heterocycles. The van der Waals surface area contributed by atoms with Gasteiger partial charge in [-0.1, -0.05) is 141 Å². The Bertz CT molecular complexity index is 2940. The normalized spacial score (nSPS) is 17.7. The molecule has 0 N–H and O–H groups in total. The number of nitrogens with zero attached hydrogens (tertiary/aromatic N) is 1. The molecule has 2 nitrogen and oxygen atoms in total. The van der Waals surface area contributed by atoms with Gasteiger partial charge in [0.25, 0.3) is 0 Å². The van der Waals surface area contributed by atoms with E-state index in [1.807, 2.05) is 12.1 Å². The first-order valence-electron chi connectivity index (χ1n) is 20.3. The molecule has 6 aromatic carbocycles. The predicted molar refractivity (Wildman–Crippen MR) is 240 cm³/mol. The topological polar surface area (TPSA) is 16.4 Å². The van der Waals surface area contributed by atoms with E-state index in [0.29, 0.717) is 5.92 Å². The Morgan fingerprint density at radius 2 is 1.32 bits per heavy atom. The van der Waals surface area contributed by atoms with Crippen molar-refractivity contribution >= 4 is 50.1 Å². The fourth-order valence-electron chi connectivity index (χ4n) is 9.69. The maximum atomic E-state index is 6.25. The van der Waals surface area contributed by atoms with Gasteiger partial charge >= 0.3 is 0 Å². The monoisotopic (exact) mass is 733 g/mol. The molecule has 0 saturated heterocycles. The van der Waals surface area contributed by atoms with E-state index in [1.165, 1.54) is 55.7 Å². The van der Waals surface area contributed by atoms with Crippen LogP contribution in [-0.2, 0) is 5.41 Å². The Hall–Kier alpha value is -6.64. The summed E-state index contributed by atoms with van der Waals surface area (Å²) in [7, 11) is 0. The first-order valence-corrected chi connectivity index (χ1v) is 20.3. The van der Waals surface area contributed by atoms with Crippen molar-refractivity contribution in [1.82, 2.24) is 0 Å². The maximum absolute atomic E-state index is 6.25. The maximum Gasteiger partial charge on any atom is 0.135 e. The zero-order valence-electron chi connectivity index (χ0n) is 32.4. The van der Waals surface area contributed by atoms with Crippen LogP contribution in [0.15, 0.2) is 198 Å². The van der Waals surface area contributed by atoms with Crippen LogP contribution in [0.4, 0.5) is 17.1 Å². The smallest absolute Gasteiger partial charge is 0.135 e. The van der Waals surface area contributed by atoms with E-state index in [0.717, 1.165) is 58.3 Å². The minimum atomic E-state index is 0.0461. The summed E-state index contributed by atoms with van der Waals surface area (Å²) < 4.78 is 6.25. The fraction of sp³-hybridized carbons (Fsp3) is 0.127. The molecule has 1 atom stereocenters. The third kappa shape index (κ3) is 5.70. The standard InChI is InChI=1S/C55H43NO/c1-55(2)51-16-7-5-14-47(51)48-30-24-43(34-52(48)55)38-22-27-45(28-23-38)56(46-29-31-54-50(35-46)49-15-6-8-17-53(49)57-54)44-25-20-37(21-26-44)40-12-9-13-41(32-40)42-19-18-36-10-3-4-11-39(36)33-42/h3-6,8-15,17-32,34-35,39H,7,16,33H2,1-2H3. The van der Waals surface area contributed by atoms with Gasteiger partial charge in [-0.3, -0.25) is 0 Å². The molecule has 0 fully saturated rings. The van der Waals surface area contributed by atoms with Crippen LogP contribution in [0.3, 0.4) is 0 Å². The van der Waals surface area contributed by atoms with Gasteiger partial charge < -0.3 is 9.32 Å². The van der Waals surface area contributed by atoms with Gasteiger partial charge in [0.2, 0.25) is 0 Å². The van der Waals surface area contributed by atoms with Crippen LogP contribution in [-0.4, -0.2) is 0 Å². The number of anilines is 3. The number of rotatable bonds is 6. The lowest BCUT2D eigenvalue weighted by Crippen LogP contribution is -2.17. The zero-order chi connectivity index (χ0) is 38.1. The van der Waals surface area contributed by atoms with Gasteiger partial charge in [-0.25, -0.2) is 0 Å². The van der Waals surface area contributed by atoms with Gasteiger partial charge in [-0.05, 0) is 136 Å². The second-order valence-electron chi connectivity index (χ2n) is 16.4. The number of benzene rings is 6. The Morgan fingerprint density at radius 3 is 2.14 bits per heavy atom. The van der Waals surface area contributed by atoms with E-state index in [1.54, 1.807) is 5.57 Å². The second kappa shape index (κ2) is 13.2. The molecule has 0 amide bonds. The van der Waals surface area contributed by atoms with Gasteiger partial charge in [-0.2, -0.15) is 0 Å². The first-order chi connectivity index (χ1) is 28.0. The number of para-hydroxylation sites is 1. The lowest BCUT2D eigenvalue weighted by Gasteiger charge is -2.26. The third-order valence-electron chi connectivity index (χ3n) is 12.8. The average Bonchev–Trinajstić information content (AvgIpc) is 3.75. The van der Waals surface area contributed by atoms with Gasteiger partial charge in [0, 0.05) is 39.2 Å². The summed E-state index contributed by atoms with van der Waals surface area (Å²) in [4.78, 5) is 2.37. The lowest BCUT2D eigenvalue weighted by molar-refractivity contribution is 0.607. The molecule has 4 aliphatic rings. The zero-order valence-corrected chi connectivity index (χ0v) is 32.4. The third-order valence-corrected chi connectivity index (χ3v) is 12.8. The number of furan rings is 1. The van der Waals surface area contributed by atoms with Gasteiger partial charge in [0.1, 0.15) is 11.2 Å². The summed E-state index contributed by atoms with van der Waals surface area (Å²) >= 11 is 0.